The van der Waals surface area contributed by atoms with Gasteiger partial charge >= 0.3 is 29.6 Å². The van der Waals surface area contributed by atoms with E-state index in [-0.39, 0.29) is 42.4 Å². The maximum Gasteiger partial charge on any atom is 1.00 e. The fraction of sp³-hybridized carbons (Fsp3) is 1.00. The monoisotopic (exact) mass is 444 g/mol. The van der Waals surface area contributed by atoms with E-state index in [4.69, 9.17) is 0 Å². The number of unbranched alkanes of at least 4 members (excludes halogenated alkanes) is 16. The average Bonchev–Trinajstić information content (AvgIpc) is 2.64. The van der Waals surface area contributed by atoms with Gasteiger partial charge in [0.2, 0.25) is 0 Å². The zero-order chi connectivity index (χ0) is 21.1. The van der Waals surface area contributed by atoms with Crippen molar-refractivity contribution < 1.29 is 46.9 Å². The summed E-state index contributed by atoms with van der Waals surface area (Å²) in [6.45, 7) is 4.39. The Labute approximate surface area is 203 Å². The van der Waals surface area contributed by atoms with Crippen molar-refractivity contribution >= 4 is 10.1 Å². The van der Waals surface area contributed by atoms with E-state index in [2.05, 4.69) is 13.8 Å². The molecule has 0 heterocycles. The van der Waals surface area contributed by atoms with Crippen molar-refractivity contribution in [2.45, 2.75) is 147 Å². The number of halogens is 1. The summed E-state index contributed by atoms with van der Waals surface area (Å²) in [4.78, 5) is 0. The number of rotatable bonds is 21. The standard InChI is InChI=1S/C23H47FO3S.Na/c1-3-5-7-9-11-13-14-16-18-20-22-23(24,28(25,26)27)21-19-17-15-12-10-8-6-4-2;/h3-22H2,1-2H3,(H,25,26,27);/q;+1/p-1. The van der Waals surface area contributed by atoms with Gasteiger partial charge in [-0.15, -0.1) is 0 Å². The van der Waals surface area contributed by atoms with E-state index < -0.39 is 15.1 Å². The van der Waals surface area contributed by atoms with Gasteiger partial charge in [0.25, 0.3) is 0 Å². The molecule has 1 atom stereocenters. The topological polar surface area (TPSA) is 57.2 Å². The maximum absolute atomic E-state index is 14.8. The van der Waals surface area contributed by atoms with Crippen molar-refractivity contribution in [3.05, 3.63) is 0 Å². The van der Waals surface area contributed by atoms with E-state index >= 15 is 0 Å². The minimum absolute atomic E-state index is 0. The Morgan fingerprint density at radius 3 is 1.07 bits per heavy atom. The van der Waals surface area contributed by atoms with Crippen LogP contribution >= 0.6 is 0 Å². The fourth-order valence-electron chi connectivity index (χ4n) is 3.77. The van der Waals surface area contributed by atoms with E-state index in [1.54, 1.807) is 0 Å². The molecule has 0 saturated heterocycles. The Hall–Kier alpha value is 0.840. The first-order chi connectivity index (χ1) is 13.4. The summed E-state index contributed by atoms with van der Waals surface area (Å²) in [6.07, 6.45) is 19.1. The quantitative estimate of drug-likeness (QED) is 0.141. The third kappa shape index (κ3) is 18.1. The molecule has 0 aliphatic heterocycles. The molecule has 0 fully saturated rings. The molecule has 0 bridgehead atoms. The third-order valence-electron chi connectivity index (χ3n) is 5.76. The van der Waals surface area contributed by atoms with Gasteiger partial charge in [0.1, 0.15) is 10.1 Å². The van der Waals surface area contributed by atoms with E-state index in [0.29, 0.717) is 12.8 Å². The molecule has 0 saturated carbocycles. The molecule has 0 radical (unpaired) electrons. The van der Waals surface area contributed by atoms with Crippen molar-refractivity contribution in [3.63, 3.8) is 0 Å². The van der Waals surface area contributed by atoms with Crippen LogP contribution in [-0.2, 0) is 10.1 Å². The molecule has 0 aromatic carbocycles. The molecule has 0 amide bonds. The van der Waals surface area contributed by atoms with Gasteiger partial charge in [0, 0.05) is 0 Å². The molecule has 1 unspecified atom stereocenters. The van der Waals surface area contributed by atoms with Crippen LogP contribution in [0, 0.1) is 0 Å². The Balaban J connectivity index is 0. The molecule has 3 nitrogen and oxygen atoms in total. The molecule has 6 heteroatoms. The van der Waals surface area contributed by atoms with Crippen LogP contribution in [0.3, 0.4) is 0 Å². The van der Waals surface area contributed by atoms with E-state index in [9.17, 15) is 17.4 Å². The van der Waals surface area contributed by atoms with Crippen molar-refractivity contribution in [1.82, 2.24) is 0 Å². The van der Waals surface area contributed by atoms with Crippen molar-refractivity contribution in [2.75, 3.05) is 0 Å². The number of hydrogen-bond donors (Lipinski definition) is 0. The Morgan fingerprint density at radius 2 is 0.828 bits per heavy atom. The molecule has 0 aliphatic carbocycles. The largest absolute Gasteiger partial charge is 1.00 e. The maximum atomic E-state index is 14.8. The molecule has 0 spiro atoms. The zero-order valence-corrected chi connectivity index (χ0v) is 22.5. The average molecular weight is 445 g/mol. The van der Waals surface area contributed by atoms with E-state index in [1.165, 1.54) is 64.2 Å². The molecular weight excluding hydrogens is 398 g/mol. The van der Waals surface area contributed by atoms with Gasteiger partial charge in [-0.1, -0.05) is 117 Å². The Morgan fingerprint density at radius 1 is 0.586 bits per heavy atom. The van der Waals surface area contributed by atoms with E-state index in [1.807, 2.05) is 0 Å². The smallest absolute Gasteiger partial charge is 0.745 e. The van der Waals surface area contributed by atoms with Crippen LogP contribution in [0.4, 0.5) is 4.39 Å². The summed E-state index contributed by atoms with van der Waals surface area (Å²) < 4.78 is 49.2. The SMILES string of the molecule is CCCCCCCCCCCCC(F)(CCCCCCCCCC)S(=O)(=O)[O-].[Na+]. The fourth-order valence-corrected chi connectivity index (χ4v) is 4.56. The molecule has 0 N–H and O–H groups in total. The van der Waals surface area contributed by atoms with Gasteiger partial charge in [0.05, 0.1) is 0 Å². The summed E-state index contributed by atoms with van der Waals surface area (Å²) in [5.74, 6) is 0. The summed E-state index contributed by atoms with van der Waals surface area (Å²) in [7, 11) is -4.90. The van der Waals surface area contributed by atoms with Crippen LogP contribution in [0.5, 0.6) is 0 Å². The molecule has 170 valence electrons. The minimum Gasteiger partial charge on any atom is -0.745 e. The van der Waals surface area contributed by atoms with Crippen molar-refractivity contribution in [2.24, 2.45) is 0 Å². The zero-order valence-electron chi connectivity index (χ0n) is 19.7. The van der Waals surface area contributed by atoms with Crippen molar-refractivity contribution in [3.8, 4) is 0 Å². The first-order valence-electron chi connectivity index (χ1n) is 12.0. The predicted octanol–water partition coefficient (Wildman–Crippen LogP) is 5.04. The van der Waals surface area contributed by atoms with Gasteiger partial charge in [-0.2, -0.15) is 0 Å². The third-order valence-corrected chi connectivity index (χ3v) is 7.06. The van der Waals surface area contributed by atoms with Crippen LogP contribution in [0.1, 0.15) is 142 Å². The van der Waals surface area contributed by atoms with E-state index in [0.717, 1.165) is 38.5 Å². The van der Waals surface area contributed by atoms with Crippen molar-refractivity contribution in [1.29, 1.82) is 0 Å². The summed E-state index contributed by atoms with van der Waals surface area (Å²) in [6, 6.07) is 0. The first-order valence-corrected chi connectivity index (χ1v) is 13.4. The molecule has 0 aromatic rings. The molecular formula is C23H46FNaO3S. The van der Waals surface area contributed by atoms with Gasteiger partial charge < -0.3 is 4.55 Å². The Bertz CT molecular complexity index is 445. The normalized spacial score (nSPS) is 13.8. The van der Waals surface area contributed by atoms with Gasteiger partial charge in [-0.3, -0.25) is 0 Å². The van der Waals surface area contributed by atoms with Crippen LogP contribution in [0.15, 0.2) is 0 Å². The van der Waals surface area contributed by atoms with Gasteiger partial charge in [0.15, 0.2) is 5.00 Å². The summed E-state index contributed by atoms with van der Waals surface area (Å²) >= 11 is 0. The molecule has 0 aromatic heterocycles. The molecule has 0 aliphatic rings. The predicted molar refractivity (Wildman–Crippen MR) is 117 cm³/mol. The second kappa shape index (κ2) is 20.7. The minimum atomic E-state index is -4.90. The number of hydrogen-bond acceptors (Lipinski definition) is 3. The Kier molecular flexibility index (Phi) is 22.9. The number of alkyl halides is 1. The molecule has 0 rings (SSSR count). The van der Waals surface area contributed by atoms with Crippen LogP contribution in [0.2, 0.25) is 0 Å². The van der Waals surface area contributed by atoms with Crippen LogP contribution < -0.4 is 29.6 Å². The first kappa shape index (κ1) is 32.0. The second-order valence-corrected chi connectivity index (χ2v) is 10.1. The van der Waals surface area contributed by atoms with Crippen LogP contribution in [-0.4, -0.2) is 18.0 Å². The second-order valence-electron chi connectivity index (χ2n) is 8.49. The van der Waals surface area contributed by atoms with Gasteiger partial charge in [-0.05, 0) is 25.7 Å². The summed E-state index contributed by atoms with van der Waals surface area (Å²) in [5, 5.41) is -2.56. The molecule has 29 heavy (non-hydrogen) atoms. The van der Waals surface area contributed by atoms with Gasteiger partial charge in [-0.25, -0.2) is 12.8 Å². The van der Waals surface area contributed by atoms with Crippen LogP contribution in [0.25, 0.3) is 0 Å². The summed E-state index contributed by atoms with van der Waals surface area (Å²) in [5.41, 5.74) is 0.